The molecule has 6 heteroatoms. The van der Waals surface area contributed by atoms with Crippen LogP contribution >= 0.6 is 11.6 Å². The first kappa shape index (κ1) is 13.5. The van der Waals surface area contributed by atoms with Gasteiger partial charge in [0.1, 0.15) is 5.15 Å². The van der Waals surface area contributed by atoms with E-state index in [-0.39, 0.29) is 16.6 Å². The molecule has 0 aromatic carbocycles. The largest absolute Gasteiger partial charge is 0.319 e. The second kappa shape index (κ2) is 5.01. The molecule has 0 spiro atoms. The molecular formula is C13H15ClN4O. The topological polar surface area (TPSA) is 59.8 Å². The normalized spacial score (nSPS) is 11.4. The van der Waals surface area contributed by atoms with Crippen molar-refractivity contribution in [2.24, 2.45) is 0 Å². The molecule has 0 saturated carbocycles. The van der Waals surface area contributed by atoms with Crippen molar-refractivity contribution in [3.05, 3.63) is 41.4 Å². The number of anilines is 1. The molecule has 2 rings (SSSR count). The van der Waals surface area contributed by atoms with E-state index in [4.69, 9.17) is 11.6 Å². The predicted octanol–water partition coefficient (Wildman–Crippen LogP) is 2.94. The zero-order chi connectivity index (χ0) is 14.0. The first-order valence-corrected chi connectivity index (χ1v) is 6.22. The maximum Gasteiger partial charge on any atom is 0.255 e. The Bertz CT molecular complexity index is 601. The number of aromatic nitrogens is 3. The van der Waals surface area contributed by atoms with Crippen LogP contribution in [0.5, 0.6) is 0 Å². The Hall–Kier alpha value is -1.88. The highest BCUT2D eigenvalue weighted by atomic mass is 35.5. The molecule has 19 heavy (non-hydrogen) atoms. The van der Waals surface area contributed by atoms with Crippen molar-refractivity contribution in [1.82, 2.24) is 14.8 Å². The summed E-state index contributed by atoms with van der Waals surface area (Å²) in [6.07, 6.45) is 4.91. The third-order valence-corrected chi connectivity index (χ3v) is 2.72. The summed E-state index contributed by atoms with van der Waals surface area (Å²) >= 11 is 5.75. The van der Waals surface area contributed by atoms with Crippen molar-refractivity contribution >= 4 is 23.2 Å². The lowest BCUT2D eigenvalue weighted by molar-refractivity contribution is 0.102. The van der Waals surface area contributed by atoms with Crippen LogP contribution < -0.4 is 5.32 Å². The number of pyridine rings is 1. The second-order valence-electron chi connectivity index (χ2n) is 5.17. The predicted molar refractivity (Wildman–Crippen MR) is 74.4 cm³/mol. The number of nitrogens with one attached hydrogen (secondary N) is 1. The molecule has 2 heterocycles. The van der Waals surface area contributed by atoms with Gasteiger partial charge in [-0.15, -0.1) is 0 Å². The molecule has 0 aliphatic heterocycles. The molecule has 5 nitrogen and oxygen atoms in total. The first-order chi connectivity index (χ1) is 8.86. The van der Waals surface area contributed by atoms with Crippen LogP contribution in [-0.4, -0.2) is 20.7 Å². The van der Waals surface area contributed by atoms with Crippen molar-refractivity contribution in [1.29, 1.82) is 0 Å². The van der Waals surface area contributed by atoms with E-state index in [9.17, 15) is 4.79 Å². The van der Waals surface area contributed by atoms with Gasteiger partial charge in [0, 0.05) is 18.0 Å². The van der Waals surface area contributed by atoms with Gasteiger partial charge in [-0.3, -0.25) is 9.48 Å². The minimum atomic E-state index is -0.238. The molecule has 0 radical (unpaired) electrons. The molecule has 100 valence electrons. The van der Waals surface area contributed by atoms with Crippen molar-refractivity contribution in [3.8, 4) is 0 Å². The number of hydrogen-bond acceptors (Lipinski definition) is 3. The molecule has 0 unspecified atom stereocenters. The van der Waals surface area contributed by atoms with Crippen LogP contribution in [0.25, 0.3) is 0 Å². The lowest BCUT2D eigenvalue weighted by Crippen LogP contribution is -2.22. The van der Waals surface area contributed by atoms with Gasteiger partial charge < -0.3 is 5.32 Å². The quantitative estimate of drug-likeness (QED) is 0.859. The van der Waals surface area contributed by atoms with Crippen LogP contribution in [0, 0.1) is 0 Å². The SMILES string of the molecule is CC(C)(C)n1cc(NC(=O)c2ccnc(Cl)c2)cn1. The summed E-state index contributed by atoms with van der Waals surface area (Å²) in [5, 5.41) is 7.27. The Morgan fingerprint density at radius 1 is 1.42 bits per heavy atom. The summed E-state index contributed by atoms with van der Waals surface area (Å²) < 4.78 is 1.79. The van der Waals surface area contributed by atoms with Gasteiger partial charge in [0.15, 0.2) is 0 Å². The monoisotopic (exact) mass is 278 g/mol. The number of rotatable bonds is 2. The average molecular weight is 279 g/mol. The number of hydrogen-bond donors (Lipinski definition) is 1. The molecule has 1 N–H and O–H groups in total. The van der Waals surface area contributed by atoms with E-state index in [1.54, 1.807) is 23.1 Å². The molecule has 0 saturated heterocycles. The number of carbonyl (C=O) groups is 1. The van der Waals surface area contributed by atoms with E-state index in [0.717, 1.165) is 0 Å². The highest BCUT2D eigenvalue weighted by molar-refractivity contribution is 6.29. The van der Waals surface area contributed by atoms with Crippen molar-refractivity contribution < 1.29 is 4.79 Å². The minimum absolute atomic E-state index is 0.122. The standard InChI is InChI=1S/C13H15ClN4O/c1-13(2,3)18-8-10(7-16-18)17-12(19)9-4-5-15-11(14)6-9/h4-8H,1-3H3,(H,17,19). The van der Waals surface area contributed by atoms with E-state index in [1.807, 2.05) is 20.8 Å². The highest BCUT2D eigenvalue weighted by Crippen LogP contribution is 2.16. The third-order valence-electron chi connectivity index (χ3n) is 2.52. The number of halogens is 1. The first-order valence-electron chi connectivity index (χ1n) is 5.84. The van der Waals surface area contributed by atoms with E-state index >= 15 is 0 Å². The van der Waals surface area contributed by atoms with Gasteiger partial charge in [0.05, 0.1) is 17.4 Å². The summed E-state index contributed by atoms with van der Waals surface area (Å²) in [5.74, 6) is -0.238. The zero-order valence-electron chi connectivity index (χ0n) is 11.0. The van der Waals surface area contributed by atoms with Gasteiger partial charge in [-0.25, -0.2) is 4.98 Å². The van der Waals surface area contributed by atoms with Crippen LogP contribution in [0.1, 0.15) is 31.1 Å². The van der Waals surface area contributed by atoms with Crippen molar-refractivity contribution in [2.45, 2.75) is 26.3 Å². The van der Waals surface area contributed by atoms with E-state index in [2.05, 4.69) is 15.4 Å². The lowest BCUT2D eigenvalue weighted by atomic mass is 10.1. The van der Waals surface area contributed by atoms with E-state index < -0.39 is 0 Å². The molecule has 0 fully saturated rings. The Balaban J connectivity index is 2.13. The van der Waals surface area contributed by atoms with Gasteiger partial charge >= 0.3 is 0 Å². The summed E-state index contributed by atoms with van der Waals surface area (Å²) in [6.45, 7) is 6.11. The Morgan fingerprint density at radius 2 is 2.16 bits per heavy atom. The second-order valence-corrected chi connectivity index (χ2v) is 5.55. The maximum absolute atomic E-state index is 12.0. The van der Waals surface area contributed by atoms with Crippen LogP contribution in [0.4, 0.5) is 5.69 Å². The smallest absolute Gasteiger partial charge is 0.255 e. The molecule has 1 amide bonds. The van der Waals surface area contributed by atoms with Gasteiger partial charge in [-0.05, 0) is 32.9 Å². The summed E-state index contributed by atoms with van der Waals surface area (Å²) in [5.41, 5.74) is 0.986. The van der Waals surface area contributed by atoms with E-state index in [0.29, 0.717) is 11.3 Å². The number of carbonyl (C=O) groups excluding carboxylic acids is 1. The number of amides is 1. The zero-order valence-corrected chi connectivity index (χ0v) is 11.8. The molecular weight excluding hydrogens is 264 g/mol. The number of nitrogens with zero attached hydrogens (tertiary/aromatic N) is 3. The third kappa shape index (κ3) is 3.32. The van der Waals surface area contributed by atoms with Crippen LogP contribution in [-0.2, 0) is 5.54 Å². The Morgan fingerprint density at radius 3 is 2.74 bits per heavy atom. The molecule has 2 aromatic heterocycles. The molecule has 0 aliphatic carbocycles. The minimum Gasteiger partial charge on any atom is -0.319 e. The molecule has 2 aromatic rings. The van der Waals surface area contributed by atoms with E-state index in [1.165, 1.54) is 12.3 Å². The highest BCUT2D eigenvalue weighted by Gasteiger charge is 2.15. The Labute approximate surface area is 116 Å². The molecule has 0 atom stereocenters. The van der Waals surface area contributed by atoms with Gasteiger partial charge in [-0.1, -0.05) is 11.6 Å². The van der Waals surface area contributed by atoms with Crippen LogP contribution in [0.3, 0.4) is 0 Å². The van der Waals surface area contributed by atoms with Gasteiger partial charge in [0.25, 0.3) is 5.91 Å². The summed E-state index contributed by atoms with van der Waals surface area (Å²) in [6, 6.07) is 3.13. The average Bonchev–Trinajstić information content (AvgIpc) is 2.77. The fraction of sp³-hybridized carbons (Fsp3) is 0.308. The lowest BCUT2D eigenvalue weighted by Gasteiger charge is -2.18. The van der Waals surface area contributed by atoms with Crippen LogP contribution in [0.15, 0.2) is 30.7 Å². The van der Waals surface area contributed by atoms with Crippen molar-refractivity contribution in [2.75, 3.05) is 5.32 Å². The summed E-state index contributed by atoms with van der Waals surface area (Å²) in [7, 11) is 0. The van der Waals surface area contributed by atoms with Crippen LogP contribution in [0.2, 0.25) is 5.15 Å². The van der Waals surface area contributed by atoms with Gasteiger partial charge in [0.2, 0.25) is 0 Å². The fourth-order valence-corrected chi connectivity index (χ4v) is 1.68. The fourth-order valence-electron chi connectivity index (χ4n) is 1.50. The summed E-state index contributed by atoms with van der Waals surface area (Å²) in [4.78, 5) is 15.8. The Kier molecular flexibility index (Phi) is 3.57. The molecule has 0 aliphatic rings. The van der Waals surface area contributed by atoms with Crippen molar-refractivity contribution in [3.63, 3.8) is 0 Å². The van der Waals surface area contributed by atoms with Gasteiger partial charge in [-0.2, -0.15) is 5.10 Å². The molecule has 0 bridgehead atoms. The maximum atomic E-state index is 12.0.